The second-order valence-corrected chi connectivity index (χ2v) is 6.01. The van der Waals surface area contributed by atoms with Gasteiger partial charge < -0.3 is 4.74 Å². The van der Waals surface area contributed by atoms with E-state index in [0.29, 0.717) is 11.3 Å². The maximum absolute atomic E-state index is 12.6. The van der Waals surface area contributed by atoms with E-state index in [1.165, 1.54) is 29.1 Å². The number of methoxy groups -OCH3 is 1. The highest BCUT2D eigenvalue weighted by molar-refractivity contribution is 9.10. The maximum Gasteiger partial charge on any atom is 0.270 e. The molecule has 0 atom stereocenters. The standard InChI is InChI=1S/C16H12BrN3O4/c1-24-15-5-2-11(17)6-10(15)8-19-9-18-14-4-3-12(20(22)23)7-13(14)16(19)21/h2-7,9H,8H2,1H3. The molecule has 0 amide bonds. The molecule has 122 valence electrons. The van der Waals surface area contributed by atoms with E-state index in [1.54, 1.807) is 13.2 Å². The van der Waals surface area contributed by atoms with Crippen LogP contribution in [0.2, 0.25) is 0 Å². The van der Waals surface area contributed by atoms with E-state index in [-0.39, 0.29) is 23.2 Å². The van der Waals surface area contributed by atoms with Crippen LogP contribution < -0.4 is 10.3 Å². The Morgan fingerprint density at radius 3 is 2.79 bits per heavy atom. The molecule has 0 unspecified atom stereocenters. The van der Waals surface area contributed by atoms with Crippen LogP contribution in [-0.4, -0.2) is 21.6 Å². The van der Waals surface area contributed by atoms with E-state index < -0.39 is 4.92 Å². The summed E-state index contributed by atoms with van der Waals surface area (Å²) in [7, 11) is 1.55. The van der Waals surface area contributed by atoms with Crippen molar-refractivity contribution in [3.63, 3.8) is 0 Å². The number of benzene rings is 2. The molecule has 0 bridgehead atoms. The number of fused-ring (bicyclic) bond motifs is 1. The highest BCUT2D eigenvalue weighted by Gasteiger charge is 2.12. The molecule has 1 aromatic heterocycles. The third kappa shape index (κ3) is 3.00. The average molecular weight is 390 g/mol. The van der Waals surface area contributed by atoms with Crippen LogP contribution in [0.5, 0.6) is 5.75 Å². The monoisotopic (exact) mass is 389 g/mol. The van der Waals surface area contributed by atoms with Gasteiger partial charge in [-0.1, -0.05) is 15.9 Å². The van der Waals surface area contributed by atoms with Crippen molar-refractivity contribution in [1.29, 1.82) is 0 Å². The summed E-state index contributed by atoms with van der Waals surface area (Å²) < 4.78 is 7.56. The molecule has 24 heavy (non-hydrogen) atoms. The second-order valence-electron chi connectivity index (χ2n) is 5.09. The molecule has 0 spiro atoms. The van der Waals surface area contributed by atoms with Crippen LogP contribution in [0.1, 0.15) is 5.56 Å². The predicted octanol–water partition coefficient (Wildman–Crippen LogP) is 3.12. The Kier molecular flexibility index (Phi) is 4.30. The van der Waals surface area contributed by atoms with Crippen molar-refractivity contribution in [1.82, 2.24) is 9.55 Å². The number of non-ortho nitro benzene ring substituents is 1. The number of halogens is 1. The van der Waals surface area contributed by atoms with Gasteiger partial charge >= 0.3 is 0 Å². The summed E-state index contributed by atoms with van der Waals surface area (Å²) in [6, 6.07) is 9.54. The fourth-order valence-corrected chi connectivity index (χ4v) is 2.84. The number of hydrogen-bond donors (Lipinski definition) is 0. The highest BCUT2D eigenvalue weighted by Crippen LogP contribution is 2.24. The molecule has 0 aliphatic carbocycles. The smallest absolute Gasteiger partial charge is 0.270 e. The van der Waals surface area contributed by atoms with Crippen LogP contribution in [0.3, 0.4) is 0 Å². The Bertz CT molecular complexity index is 1000. The lowest BCUT2D eigenvalue weighted by Gasteiger charge is -2.11. The fourth-order valence-electron chi connectivity index (χ4n) is 2.43. The first-order valence-electron chi connectivity index (χ1n) is 6.95. The summed E-state index contributed by atoms with van der Waals surface area (Å²) in [5.74, 6) is 0.643. The zero-order chi connectivity index (χ0) is 17.3. The average Bonchev–Trinajstić information content (AvgIpc) is 2.57. The minimum atomic E-state index is -0.534. The van der Waals surface area contributed by atoms with Crippen molar-refractivity contribution < 1.29 is 9.66 Å². The summed E-state index contributed by atoms with van der Waals surface area (Å²) in [5.41, 5.74) is 0.730. The molecule has 0 saturated carbocycles. The Morgan fingerprint density at radius 1 is 1.29 bits per heavy atom. The van der Waals surface area contributed by atoms with Crippen molar-refractivity contribution in [3.05, 3.63) is 73.2 Å². The van der Waals surface area contributed by atoms with E-state index in [0.717, 1.165) is 10.0 Å². The minimum Gasteiger partial charge on any atom is -0.496 e. The second kappa shape index (κ2) is 6.40. The molecule has 1 heterocycles. The van der Waals surface area contributed by atoms with Crippen LogP contribution in [0.25, 0.3) is 10.9 Å². The summed E-state index contributed by atoms with van der Waals surface area (Å²) in [5, 5.41) is 11.1. The third-order valence-corrected chi connectivity index (χ3v) is 4.09. The predicted molar refractivity (Wildman–Crippen MR) is 92.5 cm³/mol. The van der Waals surface area contributed by atoms with Gasteiger partial charge in [0.25, 0.3) is 11.2 Å². The third-order valence-electron chi connectivity index (χ3n) is 3.60. The van der Waals surface area contributed by atoms with Gasteiger partial charge in [0, 0.05) is 22.2 Å². The molecule has 0 fully saturated rings. The lowest BCUT2D eigenvalue weighted by Crippen LogP contribution is -2.21. The summed E-state index contributed by atoms with van der Waals surface area (Å²) in [6.07, 6.45) is 1.43. The molecule has 0 saturated heterocycles. The lowest BCUT2D eigenvalue weighted by atomic mass is 10.2. The zero-order valence-corrected chi connectivity index (χ0v) is 14.2. The number of nitro benzene ring substituents is 1. The summed E-state index contributed by atoms with van der Waals surface area (Å²) in [6.45, 7) is 0.243. The molecule has 0 aliphatic rings. The molecular formula is C16H12BrN3O4. The summed E-state index contributed by atoms with van der Waals surface area (Å²) >= 11 is 3.39. The molecule has 0 radical (unpaired) electrons. The van der Waals surface area contributed by atoms with Crippen molar-refractivity contribution >= 4 is 32.5 Å². The Morgan fingerprint density at radius 2 is 2.08 bits per heavy atom. The lowest BCUT2D eigenvalue weighted by molar-refractivity contribution is -0.384. The molecular weight excluding hydrogens is 378 g/mol. The van der Waals surface area contributed by atoms with Crippen LogP contribution in [0.4, 0.5) is 5.69 Å². The Balaban J connectivity index is 2.11. The van der Waals surface area contributed by atoms with Crippen LogP contribution >= 0.6 is 15.9 Å². The summed E-state index contributed by atoms with van der Waals surface area (Å²) in [4.78, 5) is 27.2. The van der Waals surface area contributed by atoms with E-state index in [2.05, 4.69) is 20.9 Å². The van der Waals surface area contributed by atoms with Gasteiger partial charge in [-0.15, -0.1) is 0 Å². The first-order valence-corrected chi connectivity index (χ1v) is 7.75. The van der Waals surface area contributed by atoms with Gasteiger partial charge in [-0.3, -0.25) is 19.5 Å². The maximum atomic E-state index is 12.6. The van der Waals surface area contributed by atoms with Crippen molar-refractivity contribution in [2.45, 2.75) is 6.54 Å². The van der Waals surface area contributed by atoms with Gasteiger partial charge in [-0.05, 0) is 24.3 Å². The van der Waals surface area contributed by atoms with Gasteiger partial charge in [0.15, 0.2) is 0 Å². The first-order chi connectivity index (χ1) is 11.5. The number of hydrogen-bond acceptors (Lipinski definition) is 5. The van der Waals surface area contributed by atoms with Crippen molar-refractivity contribution in [2.75, 3.05) is 7.11 Å². The van der Waals surface area contributed by atoms with Crippen LogP contribution in [-0.2, 0) is 6.54 Å². The molecule has 8 heteroatoms. The molecule has 0 N–H and O–H groups in total. The van der Waals surface area contributed by atoms with Gasteiger partial charge in [0.1, 0.15) is 5.75 Å². The highest BCUT2D eigenvalue weighted by atomic mass is 79.9. The number of nitro groups is 1. The number of rotatable bonds is 4. The minimum absolute atomic E-state index is 0.140. The van der Waals surface area contributed by atoms with Crippen molar-refractivity contribution in [2.24, 2.45) is 0 Å². The number of nitrogens with zero attached hydrogens (tertiary/aromatic N) is 3. The number of ether oxygens (including phenoxy) is 1. The van der Waals surface area contributed by atoms with Gasteiger partial charge in [-0.2, -0.15) is 0 Å². The molecule has 3 rings (SSSR count). The van der Waals surface area contributed by atoms with E-state index in [1.807, 2.05) is 12.1 Å². The number of aromatic nitrogens is 2. The quantitative estimate of drug-likeness (QED) is 0.505. The topological polar surface area (TPSA) is 87.3 Å². The largest absolute Gasteiger partial charge is 0.496 e. The molecule has 0 aliphatic heterocycles. The van der Waals surface area contributed by atoms with Gasteiger partial charge in [-0.25, -0.2) is 4.98 Å². The molecule has 2 aromatic carbocycles. The Hall–Kier alpha value is -2.74. The van der Waals surface area contributed by atoms with Gasteiger partial charge in [0.2, 0.25) is 0 Å². The van der Waals surface area contributed by atoms with Crippen LogP contribution in [0.15, 0.2) is 52.0 Å². The van der Waals surface area contributed by atoms with Crippen LogP contribution in [0, 0.1) is 10.1 Å². The Labute approximate surface area is 144 Å². The zero-order valence-electron chi connectivity index (χ0n) is 12.6. The molecule has 3 aromatic rings. The van der Waals surface area contributed by atoms with E-state index >= 15 is 0 Å². The van der Waals surface area contributed by atoms with Gasteiger partial charge in [0.05, 0.1) is 35.8 Å². The van der Waals surface area contributed by atoms with E-state index in [4.69, 9.17) is 4.74 Å². The first kappa shape index (κ1) is 16.1. The SMILES string of the molecule is COc1ccc(Br)cc1Cn1cnc2ccc([N+](=O)[O-])cc2c1=O. The van der Waals surface area contributed by atoms with E-state index in [9.17, 15) is 14.9 Å². The molecule has 7 nitrogen and oxygen atoms in total. The van der Waals surface area contributed by atoms with Crippen molar-refractivity contribution in [3.8, 4) is 5.75 Å². The fraction of sp³-hybridized carbons (Fsp3) is 0.125. The normalized spacial score (nSPS) is 10.8.